The van der Waals surface area contributed by atoms with Crippen LogP contribution in [0.4, 0.5) is 0 Å². The summed E-state index contributed by atoms with van der Waals surface area (Å²) < 4.78 is 0. The zero-order valence-corrected chi connectivity index (χ0v) is 13.0. The van der Waals surface area contributed by atoms with Gasteiger partial charge in [0.25, 0.3) is 0 Å². The van der Waals surface area contributed by atoms with Crippen molar-refractivity contribution in [3.63, 3.8) is 0 Å². The lowest BCUT2D eigenvalue weighted by molar-refractivity contribution is -0.142. The maximum absolute atomic E-state index is 12.1. The van der Waals surface area contributed by atoms with Gasteiger partial charge < -0.3 is 15.3 Å². The van der Waals surface area contributed by atoms with Crippen LogP contribution in [0.25, 0.3) is 0 Å². The predicted octanol–water partition coefficient (Wildman–Crippen LogP) is 1.20. The van der Waals surface area contributed by atoms with Gasteiger partial charge in [0.1, 0.15) is 6.04 Å². The fourth-order valence-corrected chi connectivity index (χ4v) is 2.67. The highest BCUT2D eigenvalue weighted by atomic mass is 16.4. The lowest BCUT2D eigenvalue weighted by atomic mass is 10.1. The second-order valence-electron chi connectivity index (χ2n) is 5.77. The highest BCUT2D eigenvalue weighted by Crippen LogP contribution is 2.11. The Kier molecular flexibility index (Phi) is 6.14. The number of amides is 2. The number of carbonyl (C=O) groups excluding carboxylic acids is 2. The van der Waals surface area contributed by atoms with Gasteiger partial charge in [-0.2, -0.15) is 0 Å². The molecular weight excluding hydrogens is 296 g/mol. The number of aliphatic carboxylic acids is 1. The van der Waals surface area contributed by atoms with Gasteiger partial charge in [-0.1, -0.05) is 36.8 Å². The Hall–Kier alpha value is -2.37. The van der Waals surface area contributed by atoms with E-state index in [1.165, 1.54) is 4.90 Å². The van der Waals surface area contributed by atoms with Crippen LogP contribution in [-0.2, 0) is 20.8 Å². The van der Waals surface area contributed by atoms with Gasteiger partial charge in [0.2, 0.25) is 11.8 Å². The molecule has 1 heterocycles. The van der Waals surface area contributed by atoms with Gasteiger partial charge in [-0.15, -0.1) is 0 Å². The van der Waals surface area contributed by atoms with Gasteiger partial charge >= 0.3 is 5.97 Å². The van der Waals surface area contributed by atoms with Gasteiger partial charge in [-0.25, -0.2) is 4.79 Å². The third kappa shape index (κ3) is 5.39. The molecule has 2 amide bonds. The van der Waals surface area contributed by atoms with Gasteiger partial charge in [0.15, 0.2) is 0 Å². The molecule has 0 saturated carbocycles. The van der Waals surface area contributed by atoms with E-state index in [0.29, 0.717) is 13.0 Å². The predicted molar refractivity (Wildman–Crippen MR) is 84.8 cm³/mol. The minimum absolute atomic E-state index is 0.0346. The number of hydrogen-bond acceptors (Lipinski definition) is 3. The monoisotopic (exact) mass is 318 g/mol. The van der Waals surface area contributed by atoms with E-state index < -0.39 is 17.9 Å². The van der Waals surface area contributed by atoms with E-state index >= 15 is 0 Å². The molecule has 1 fully saturated rings. The molecule has 1 aromatic carbocycles. The Morgan fingerprint density at radius 1 is 1.17 bits per heavy atom. The van der Waals surface area contributed by atoms with E-state index in [1.807, 2.05) is 30.3 Å². The molecule has 6 heteroatoms. The standard InChI is InChI=1S/C17H22N2O4/c20-15(12-19-10-6-2-5-9-16(19)21)18-14(17(22)23)11-13-7-3-1-4-8-13/h1,3-4,7-8,14H,2,5-6,9-12H2,(H,18,20)(H,22,23). The Morgan fingerprint density at radius 2 is 1.91 bits per heavy atom. The summed E-state index contributed by atoms with van der Waals surface area (Å²) in [7, 11) is 0. The topological polar surface area (TPSA) is 86.7 Å². The quantitative estimate of drug-likeness (QED) is 0.825. The van der Waals surface area contributed by atoms with Crippen molar-refractivity contribution in [2.24, 2.45) is 0 Å². The summed E-state index contributed by atoms with van der Waals surface area (Å²) in [6.45, 7) is 0.486. The molecule has 124 valence electrons. The maximum atomic E-state index is 12.1. The number of likely N-dealkylation sites (tertiary alicyclic amines) is 1. The summed E-state index contributed by atoms with van der Waals surface area (Å²) in [5.41, 5.74) is 0.839. The molecule has 1 aliphatic rings. The molecule has 6 nitrogen and oxygen atoms in total. The Labute approximate surface area is 135 Å². The molecule has 1 aliphatic heterocycles. The molecule has 0 bridgehead atoms. The SMILES string of the molecule is O=C(CN1CCCCCC1=O)NC(Cc1ccccc1)C(=O)O. The van der Waals surface area contributed by atoms with Crippen molar-refractivity contribution in [3.8, 4) is 0 Å². The number of hydrogen-bond donors (Lipinski definition) is 2. The van der Waals surface area contributed by atoms with Crippen molar-refractivity contribution < 1.29 is 19.5 Å². The van der Waals surface area contributed by atoms with Crippen molar-refractivity contribution in [2.45, 2.75) is 38.1 Å². The van der Waals surface area contributed by atoms with E-state index in [1.54, 1.807) is 0 Å². The highest BCUT2D eigenvalue weighted by molar-refractivity contribution is 5.88. The van der Waals surface area contributed by atoms with Crippen LogP contribution in [0.3, 0.4) is 0 Å². The Morgan fingerprint density at radius 3 is 2.61 bits per heavy atom. The first-order valence-corrected chi connectivity index (χ1v) is 7.90. The number of nitrogens with zero attached hydrogens (tertiary/aromatic N) is 1. The smallest absolute Gasteiger partial charge is 0.326 e. The number of carbonyl (C=O) groups is 3. The Bertz CT molecular complexity index is 559. The summed E-state index contributed by atoms with van der Waals surface area (Å²) in [6.07, 6.45) is 3.39. The third-order valence-corrected chi connectivity index (χ3v) is 3.92. The third-order valence-electron chi connectivity index (χ3n) is 3.92. The van der Waals surface area contributed by atoms with Crippen molar-refractivity contribution in [1.29, 1.82) is 0 Å². The normalized spacial score (nSPS) is 16.5. The van der Waals surface area contributed by atoms with Gasteiger partial charge in [-0.3, -0.25) is 9.59 Å². The van der Waals surface area contributed by atoms with Crippen LogP contribution in [0.15, 0.2) is 30.3 Å². The van der Waals surface area contributed by atoms with E-state index in [9.17, 15) is 19.5 Å². The van der Waals surface area contributed by atoms with E-state index in [-0.39, 0.29) is 18.9 Å². The fraction of sp³-hybridized carbons (Fsp3) is 0.471. The van der Waals surface area contributed by atoms with Crippen LogP contribution in [0, 0.1) is 0 Å². The largest absolute Gasteiger partial charge is 0.480 e. The van der Waals surface area contributed by atoms with Crippen LogP contribution in [-0.4, -0.2) is 46.9 Å². The van der Waals surface area contributed by atoms with Crippen LogP contribution in [0.5, 0.6) is 0 Å². The van der Waals surface area contributed by atoms with Gasteiger partial charge in [0.05, 0.1) is 6.54 Å². The van der Waals surface area contributed by atoms with E-state index in [4.69, 9.17) is 0 Å². The molecule has 1 aromatic rings. The van der Waals surface area contributed by atoms with Crippen LogP contribution in [0.1, 0.15) is 31.2 Å². The van der Waals surface area contributed by atoms with Crippen molar-refractivity contribution in [3.05, 3.63) is 35.9 Å². The highest BCUT2D eigenvalue weighted by Gasteiger charge is 2.24. The van der Waals surface area contributed by atoms with Gasteiger partial charge in [-0.05, 0) is 18.4 Å². The van der Waals surface area contributed by atoms with Crippen molar-refractivity contribution >= 4 is 17.8 Å². The zero-order chi connectivity index (χ0) is 16.7. The first-order valence-electron chi connectivity index (χ1n) is 7.90. The molecular formula is C17H22N2O4. The minimum Gasteiger partial charge on any atom is -0.480 e. The molecule has 0 aromatic heterocycles. The maximum Gasteiger partial charge on any atom is 0.326 e. The molecule has 2 N–H and O–H groups in total. The Balaban J connectivity index is 1.92. The van der Waals surface area contributed by atoms with Crippen LogP contribution < -0.4 is 5.32 Å². The molecule has 1 atom stereocenters. The summed E-state index contributed by atoms with van der Waals surface area (Å²) in [5, 5.41) is 11.8. The number of carboxylic acids is 1. The number of benzene rings is 1. The van der Waals surface area contributed by atoms with E-state index in [0.717, 1.165) is 24.8 Å². The average Bonchev–Trinajstić information content (AvgIpc) is 2.72. The molecule has 2 rings (SSSR count). The van der Waals surface area contributed by atoms with E-state index in [2.05, 4.69) is 5.32 Å². The van der Waals surface area contributed by atoms with Crippen LogP contribution >= 0.6 is 0 Å². The van der Waals surface area contributed by atoms with Crippen molar-refractivity contribution in [2.75, 3.05) is 13.1 Å². The fourth-order valence-electron chi connectivity index (χ4n) is 2.67. The second kappa shape index (κ2) is 8.31. The molecule has 0 radical (unpaired) electrons. The molecule has 1 saturated heterocycles. The number of nitrogens with one attached hydrogen (secondary N) is 1. The molecule has 0 spiro atoms. The van der Waals surface area contributed by atoms with Crippen LogP contribution in [0.2, 0.25) is 0 Å². The van der Waals surface area contributed by atoms with Crippen molar-refractivity contribution in [1.82, 2.24) is 10.2 Å². The minimum atomic E-state index is -1.08. The molecule has 1 unspecified atom stereocenters. The number of rotatable bonds is 6. The van der Waals surface area contributed by atoms with Gasteiger partial charge in [0, 0.05) is 19.4 Å². The first-order chi connectivity index (χ1) is 11.1. The summed E-state index contributed by atoms with van der Waals surface area (Å²) in [5.74, 6) is -1.54. The average molecular weight is 318 g/mol. The second-order valence-corrected chi connectivity index (χ2v) is 5.77. The molecule has 0 aliphatic carbocycles. The molecule has 23 heavy (non-hydrogen) atoms. The lowest BCUT2D eigenvalue weighted by Gasteiger charge is -2.21. The number of carboxylic acid groups (broad SMARTS) is 1. The summed E-state index contributed by atoms with van der Waals surface area (Å²) in [4.78, 5) is 36.9. The summed E-state index contributed by atoms with van der Waals surface area (Å²) >= 11 is 0. The lowest BCUT2D eigenvalue weighted by Crippen LogP contribution is -2.47. The zero-order valence-electron chi connectivity index (χ0n) is 13.0. The first kappa shape index (κ1) is 17.0. The summed E-state index contributed by atoms with van der Waals surface area (Å²) in [6, 6.07) is 8.15.